The first-order chi connectivity index (χ1) is 9.17. The van der Waals surface area contributed by atoms with Crippen molar-refractivity contribution in [2.24, 2.45) is 0 Å². The molecule has 2 fully saturated rings. The molecule has 0 aliphatic carbocycles. The summed E-state index contributed by atoms with van der Waals surface area (Å²) >= 11 is 0. The molecule has 6 heteroatoms. The van der Waals surface area contributed by atoms with Gasteiger partial charge in [0.05, 0.1) is 23.6 Å². The van der Waals surface area contributed by atoms with E-state index in [0.29, 0.717) is 12.6 Å². The van der Waals surface area contributed by atoms with E-state index in [2.05, 4.69) is 20.5 Å². The summed E-state index contributed by atoms with van der Waals surface area (Å²) in [5.74, 6) is 0. The molecule has 1 aromatic rings. The third kappa shape index (κ3) is 2.69. The molecule has 1 aromatic heterocycles. The summed E-state index contributed by atoms with van der Waals surface area (Å²) in [5, 5.41) is 11.4. The predicted octanol–water partition coefficient (Wildman–Crippen LogP) is 0.778. The van der Waals surface area contributed by atoms with Crippen molar-refractivity contribution < 1.29 is 9.47 Å². The molecule has 0 aromatic carbocycles. The van der Waals surface area contributed by atoms with Gasteiger partial charge in [0.2, 0.25) is 0 Å². The fraction of sp³-hybridized carbons (Fsp3) is 0.769. The normalized spacial score (nSPS) is 25.7. The largest absolute Gasteiger partial charge is 0.456 e. The standard InChI is InChI=1S/C13H20N4O2/c1-9-10(2)16-17-12(15-9)19-11-7-13(18-8-11)3-5-14-6-4-13/h11,14H,3-8H2,1-2H3. The maximum Gasteiger partial charge on any atom is 0.336 e. The zero-order chi connectivity index (χ0) is 13.3. The smallest absolute Gasteiger partial charge is 0.336 e. The van der Waals surface area contributed by atoms with Crippen LogP contribution in [0.25, 0.3) is 0 Å². The van der Waals surface area contributed by atoms with Crippen LogP contribution in [-0.4, -0.2) is 46.6 Å². The van der Waals surface area contributed by atoms with Gasteiger partial charge >= 0.3 is 6.01 Å². The molecule has 2 aliphatic rings. The molecule has 2 aliphatic heterocycles. The van der Waals surface area contributed by atoms with Gasteiger partial charge in [-0.15, -0.1) is 5.10 Å². The van der Waals surface area contributed by atoms with Crippen LogP contribution in [0.3, 0.4) is 0 Å². The van der Waals surface area contributed by atoms with E-state index in [1.807, 2.05) is 13.8 Å². The molecule has 2 saturated heterocycles. The molecule has 3 rings (SSSR count). The molecule has 3 heterocycles. The van der Waals surface area contributed by atoms with E-state index in [-0.39, 0.29) is 11.7 Å². The van der Waals surface area contributed by atoms with Gasteiger partial charge in [-0.25, -0.2) is 0 Å². The van der Waals surface area contributed by atoms with E-state index in [4.69, 9.17) is 9.47 Å². The SMILES string of the molecule is Cc1nnc(OC2COC3(CCNCC3)C2)nc1C. The summed E-state index contributed by atoms with van der Waals surface area (Å²) in [7, 11) is 0. The van der Waals surface area contributed by atoms with Gasteiger partial charge in [-0.05, 0) is 39.8 Å². The van der Waals surface area contributed by atoms with Crippen molar-refractivity contribution in [3.05, 3.63) is 11.4 Å². The third-order valence-corrected chi connectivity index (χ3v) is 4.03. The Morgan fingerprint density at radius 2 is 2.00 bits per heavy atom. The quantitative estimate of drug-likeness (QED) is 0.851. The van der Waals surface area contributed by atoms with Crippen LogP contribution in [0.15, 0.2) is 0 Å². The zero-order valence-electron chi connectivity index (χ0n) is 11.5. The highest BCUT2D eigenvalue weighted by atomic mass is 16.6. The van der Waals surface area contributed by atoms with E-state index in [9.17, 15) is 0 Å². The fourth-order valence-electron chi connectivity index (χ4n) is 2.74. The lowest BCUT2D eigenvalue weighted by molar-refractivity contribution is -0.0206. The molecule has 6 nitrogen and oxygen atoms in total. The summed E-state index contributed by atoms with van der Waals surface area (Å²) < 4.78 is 11.8. The van der Waals surface area contributed by atoms with Crippen molar-refractivity contribution in [1.82, 2.24) is 20.5 Å². The fourth-order valence-corrected chi connectivity index (χ4v) is 2.74. The Hall–Kier alpha value is -1.27. The minimum Gasteiger partial charge on any atom is -0.456 e. The highest BCUT2D eigenvalue weighted by Gasteiger charge is 2.42. The number of piperidine rings is 1. The van der Waals surface area contributed by atoms with Gasteiger partial charge < -0.3 is 14.8 Å². The number of aryl methyl sites for hydroxylation is 2. The van der Waals surface area contributed by atoms with Crippen molar-refractivity contribution in [3.63, 3.8) is 0 Å². The van der Waals surface area contributed by atoms with Crippen molar-refractivity contribution in [2.45, 2.75) is 44.8 Å². The predicted molar refractivity (Wildman–Crippen MR) is 69.1 cm³/mol. The van der Waals surface area contributed by atoms with Crippen LogP contribution in [0.2, 0.25) is 0 Å². The van der Waals surface area contributed by atoms with Gasteiger partial charge in [-0.2, -0.15) is 4.98 Å². The summed E-state index contributed by atoms with van der Waals surface area (Å²) in [6.07, 6.45) is 3.07. The van der Waals surface area contributed by atoms with Crippen molar-refractivity contribution >= 4 is 0 Å². The first kappa shape index (κ1) is 12.7. The van der Waals surface area contributed by atoms with Gasteiger partial charge in [0.25, 0.3) is 0 Å². The number of hydrogen-bond donors (Lipinski definition) is 1. The summed E-state index contributed by atoms with van der Waals surface area (Å²) in [6.45, 7) is 6.47. The molecule has 1 atom stereocenters. The molecule has 19 heavy (non-hydrogen) atoms. The Balaban J connectivity index is 1.63. The Kier molecular flexibility index (Phi) is 3.36. The van der Waals surface area contributed by atoms with Crippen LogP contribution in [-0.2, 0) is 4.74 Å². The summed E-state index contributed by atoms with van der Waals surface area (Å²) in [6, 6.07) is 0.364. The number of ether oxygens (including phenoxy) is 2. The molecule has 0 amide bonds. The van der Waals surface area contributed by atoms with Crippen LogP contribution >= 0.6 is 0 Å². The monoisotopic (exact) mass is 264 g/mol. The van der Waals surface area contributed by atoms with Gasteiger partial charge in [0.1, 0.15) is 6.10 Å². The number of aromatic nitrogens is 3. The Morgan fingerprint density at radius 1 is 1.21 bits per heavy atom. The molecular formula is C13H20N4O2. The van der Waals surface area contributed by atoms with Crippen LogP contribution in [0, 0.1) is 13.8 Å². The minimum atomic E-state index is 0.00306. The Bertz CT molecular complexity index is 460. The van der Waals surface area contributed by atoms with Crippen molar-refractivity contribution in [3.8, 4) is 6.01 Å². The van der Waals surface area contributed by atoms with Crippen molar-refractivity contribution in [2.75, 3.05) is 19.7 Å². The molecular weight excluding hydrogens is 244 g/mol. The number of nitrogens with zero attached hydrogens (tertiary/aromatic N) is 3. The maximum atomic E-state index is 5.98. The van der Waals surface area contributed by atoms with E-state index in [1.165, 1.54) is 0 Å². The molecule has 1 unspecified atom stereocenters. The molecule has 1 N–H and O–H groups in total. The summed E-state index contributed by atoms with van der Waals surface area (Å²) in [4.78, 5) is 4.31. The lowest BCUT2D eigenvalue weighted by Gasteiger charge is -2.32. The second-order valence-electron chi connectivity index (χ2n) is 5.45. The average molecular weight is 264 g/mol. The van der Waals surface area contributed by atoms with Crippen molar-refractivity contribution in [1.29, 1.82) is 0 Å². The number of rotatable bonds is 2. The van der Waals surface area contributed by atoms with E-state index in [1.54, 1.807) is 0 Å². The van der Waals surface area contributed by atoms with E-state index >= 15 is 0 Å². The van der Waals surface area contributed by atoms with Crippen LogP contribution in [0.1, 0.15) is 30.7 Å². The minimum absolute atomic E-state index is 0.00306. The highest BCUT2D eigenvalue weighted by molar-refractivity contribution is 5.08. The molecule has 1 spiro atoms. The van der Waals surface area contributed by atoms with Crippen LogP contribution in [0.5, 0.6) is 6.01 Å². The lowest BCUT2D eigenvalue weighted by atomic mass is 9.89. The lowest BCUT2D eigenvalue weighted by Crippen LogP contribution is -2.41. The first-order valence-corrected chi connectivity index (χ1v) is 6.86. The Labute approximate surface area is 112 Å². The molecule has 0 saturated carbocycles. The average Bonchev–Trinajstić information content (AvgIpc) is 2.78. The molecule has 0 bridgehead atoms. The molecule has 104 valence electrons. The number of nitrogens with one attached hydrogen (secondary N) is 1. The second-order valence-corrected chi connectivity index (χ2v) is 5.45. The van der Waals surface area contributed by atoms with Crippen LogP contribution < -0.4 is 10.1 Å². The van der Waals surface area contributed by atoms with Gasteiger partial charge in [0, 0.05) is 6.42 Å². The second kappa shape index (κ2) is 5.02. The van der Waals surface area contributed by atoms with Gasteiger partial charge in [-0.3, -0.25) is 0 Å². The third-order valence-electron chi connectivity index (χ3n) is 4.03. The van der Waals surface area contributed by atoms with Gasteiger partial charge in [-0.1, -0.05) is 5.10 Å². The summed E-state index contributed by atoms with van der Waals surface area (Å²) in [5.41, 5.74) is 1.70. The molecule has 0 radical (unpaired) electrons. The van der Waals surface area contributed by atoms with Gasteiger partial charge in [0.15, 0.2) is 0 Å². The topological polar surface area (TPSA) is 69.2 Å². The Morgan fingerprint density at radius 3 is 2.74 bits per heavy atom. The number of hydrogen-bond acceptors (Lipinski definition) is 6. The highest BCUT2D eigenvalue weighted by Crippen LogP contribution is 2.35. The first-order valence-electron chi connectivity index (χ1n) is 6.86. The van der Waals surface area contributed by atoms with E-state index in [0.717, 1.165) is 43.7 Å². The maximum absolute atomic E-state index is 5.98. The van der Waals surface area contributed by atoms with Crippen LogP contribution in [0.4, 0.5) is 0 Å². The van der Waals surface area contributed by atoms with E-state index < -0.39 is 0 Å². The zero-order valence-corrected chi connectivity index (χ0v) is 11.5.